The number of anilines is 1. The molecule has 0 bridgehead atoms. The van der Waals surface area contributed by atoms with Crippen LogP contribution in [0.3, 0.4) is 0 Å². The monoisotopic (exact) mass is 259 g/mol. The van der Waals surface area contributed by atoms with Gasteiger partial charge in [-0.3, -0.25) is 0 Å². The van der Waals surface area contributed by atoms with Crippen LogP contribution in [0.5, 0.6) is 17.2 Å². The Labute approximate surface area is 112 Å². The van der Waals surface area contributed by atoms with Crippen molar-refractivity contribution in [2.24, 2.45) is 0 Å². The summed E-state index contributed by atoms with van der Waals surface area (Å²) in [5.41, 5.74) is 8.40. The van der Waals surface area contributed by atoms with Crippen molar-refractivity contribution in [1.29, 1.82) is 0 Å². The molecule has 0 saturated heterocycles. The predicted octanol–water partition coefficient (Wildman–Crippen LogP) is 2.96. The molecule has 0 aromatic heterocycles. The average Bonchev–Trinajstić information content (AvgIpc) is 2.46. The van der Waals surface area contributed by atoms with Gasteiger partial charge in [0, 0.05) is 5.56 Å². The topological polar surface area (TPSA) is 53.7 Å². The molecule has 0 saturated carbocycles. The number of nitrogen functional groups attached to an aromatic ring is 1. The van der Waals surface area contributed by atoms with Gasteiger partial charge in [-0.1, -0.05) is 18.2 Å². The normalized spacial score (nSPS) is 10.1. The lowest BCUT2D eigenvalue weighted by molar-refractivity contribution is 0.356. The minimum absolute atomic E-state index is 0.588. The first-order chi connectivity index (χ1) is 9.21. The maximum atomic E-state index is 5.93. The first-order valence-corrected chi connectivity index (χ1v) is 5.86. The third-order valence-corrected chi connectivity index (χ3v) is 2.94. The molecule has 4 nitrogen and oxygen atoms in total. The molecule has 0 aliphatic heterocycles. The molecule has 2 rings (SSSR count). The molecular weight excluding hydrogens is 242 g/mol. The van der Waals surface area contributed by atoms with Crippen molar-refractivity contribution in [2.45, 2.75) is 0 Å². The van der Waals surface area contributed by atoms with Crippen LogP contribution in [0.15, 0.2) is 36.4 Å². The summed E-state index contributed by atoms with van der Waals surface area (Å²) in [6.07, 6.45) is 0. The van der Waals surface area contributed by atoms with Crippen LogP contribution in [0.2, 0.25) is 0 Å². The SMILES string of the molecule is COc1ccc(-c2cccc(OC)c2OC)cc1N. The van der Waals surface area contributed by atoms with Crippen LogP contribution < -0.4 is 19.9 Å². The number of ether oxygens (including phenoxy) is 3. The minimum atomic E-state index is 0.588. The van der Waals surface area contributed by atoms with Crippen LogP contribution in [-0.2, 0) is 0 Å². The van der Waals surface area contributed by atoms with E-state index in [9.17, 15) is 0 Å². The predicted molar refractivity (Wildman–Crippen MR) is 75.9 cm³/mol. The van der Waals surface area contributed by atoms with Crippen molar-refractivity contribution >= 4 is 5.69 Å². The summed E-state index contributed by atoms with van der Waals surface area (Å²) in [5.74, 6) is 2.04. The molecule has 0 heterocycles. The largest absolute Gasteiger partial charge is 0.495 e. The van der Waals surface area contributed by atoms with Gasteiger partial charge in [-0.25, -0.2) is 0 Å². The maximum Gasteiger partial charge on any atom is 0.168 e. The molecule has 19 heavy (non-hydrogen) atoms. The fourth-order valence-corrected chi connectivity index (χ4v) is 2.02. The van der Waals surface area contributed by atoms with Crippen molar-refractivity contribution in [3.05, 3.63) is 36.4 Å². The molecule has 0 unspecified atom stereocenters. The van der Waals surface area contributed by atoms with E-state index in [-0.39, 0.29) is 0 Å². The Morgan fingerprint density at radius 3 is 2.16 bits per heavy atom. The molecule has 4 heteroatoms. The van der Waals surface area contributed by atoms with Crippen LogP contribution in [0.25, 0.3) is 11.1 Å². The van der Waals surface area contributed by atoms with Crippen LogP contribution in [0.1, 0.15) is 0 Å². The average molecular weight is 259 g/mol. The Morgan fingerprint density at radius 2 is 1.58 bits per heavy atom. The van der Waals surface area contributed by atoms with E-state index in [0.29, 0.717) is 22.9 Å². The number of hydrogen-bond donors (Lipinski definition) is 1. The Morgan fingerprint density at radius 1 is 0.842 bits per heavy atom. The molecule has 100 valence electrons. The van der Waals surface area contributed by atoms with Gasteiger partial charge in [0.2, 0.25) is 0 Å². The molecule has 0 fully saturated rings. The lowest BCUT2D eigenvalue weighted by Gasteiger charge is -2.13. The summed E-state index contributed by atoms with van der Waals surface area (Å²) < 4.78 is 15.9. The van der Waals surface area contributed by atoms with Crippen molar-refractivity contribution in [1.82, 2.24) is 0 Å². The van der Waals surface area contributed by atoms with E-state index in [2.05, 4.69) is 0 Å². The Hall–Kier alpha value is -2.36. The van der Waals surface area contributed by atoms with E-state index >= 15 is 0 Å². The maximum absolute atomic E-state index is 5.93. The van der Waals surface area contributed by atoms with Crippen LogP contribution in [-0.4, -0.2) is 21.3 Å². The smallest absolute Gasteiger partial charge is 0.168 e. The van der Waals surface area contributed by atoms with Gasteiger partial charge in [0.05, 0.1) is 27.0 Å². The molecule has 0 amide bonds. The third-order valence-electron chi connectivity index (χ3n) is 2.94. The number of nitrogens with two attached hydrogens (primary N) is 1. The number of methoxy groups -OCH3 is 3. The van der Waals surface area contributed by atoms with Crippen molar-refractivity contribution in [2.75, 3.05) is 27.1 Å². The summed E-state index contributed by atoms with van der Waals surface area (Å²) in [5, 5.41) is 0. The van der Waals surface area contributed by atoms with Crippen LogP contribution in [0.4, 0.5) is 5.69 Å². The number of rotatable bonds is 4. The second-order valence-corrected chi connectivity index (χ2v) is 4.00. The first kappa shape index (κ1) is 13.1. The summed E-state index contributed by atoms with van der Waals surface area (Å²) in [6, 6.07) is 11.4. The van der Waals surface area contributed by atoms with Gasteiger partial charge in [-0.05, 0) is 23.8 Å². The van der Waals surface area contributed by atoms with Gasteiger partial charge in [-0.15, -0.1) is 0 Å². The highest BCUT2D eigenvalue weighted by molar-refractivity contribution is 5.77. The molecule has 0 spiro atoms. The molecule has 0 atom stereocenters. The zero-order valence-corrected chi connectivity index (χ0v) is 11.3. The number of hydrogen-bond acceptors (Lipinski definition) is 4. The van der Waals surface area contributed by atoms with Crippen LogP contribution in [0, 0.1) is 0 Å². The fraction of sp³-hybridized carbons (Fsp3) is 0.200. The van der Waals surface area contributed by atoms with E-state index in [1.165, 1.54) is 0 Å². The summed E-state index contributed by atoms with van der Waals surface area (Å²) in [7, 11) is 4.83. The molecule has 0 aliphatic rings. The van der Waals surface area contributed by atoms with Gasteiger partial charge in [-0.2, -0.15) is 0 Å². The molecule has 2 N–H and O–H groups in total. The second-order valence-electron chi connectivity index (χ2n) is 4.00. The molecule has 2 aromatic rings. The van der Waals surface area contributed by atoms with Gasteiger partial charge >= 0.3 is 0 Å². The highest BCUT2D eigenvalue weighted by atomic mass is 16.5. The Balaban J connectivity index is 2.55. The van der Waals surface area contributed by atoms with E-state index in [0.717, 1.165) is 11.1 Å². The van der Waals surface area contributed by atoms with E-state index in [1.54, 1.807) is 21.3 Å². The zero-order chi connectivity index (χ0) is 13.8. The van der Waals surface area contributed by atoms with E-state index < -0.39 is 0 Å². The highest BCUT2D eigenvalue weighted by Crippen LogP contribution is 2.39. The van der Waals surface area contributed by atoms with E-state index in [4.69, 9.17) is 19.9 Å². The van der Waals surface area contributed by atoms with E-state index in [1.807, 2.05) is 36.4 Å². The van der Waals surface area contributed by atoms with Crippen molar-refractivity contribution < 1.29 is 14.2 Å². The number of benzene rings is 2. The summed E-state index contributed by atoms with van der Waals surface area (Å²) in [4.78, 5) is 0. The van der Waals surface area contributed by atoms with Gasteiger partial charge in [0.1, 0.15) is 5.75 Å². The van der Waals surface area contributed by atoms with Gasteiger partial charge in [0.25, 0.3) is 0 Å². The molecule has 0 aliphatic carbocycles. The lowest BCUT2D eigenvalue weighted by atomic mass is 10.0. The first-order valence-electron chi connectivity index (χ1n) is 5.86. The standard InChI is InChI=1S/C15H17NO3/c1-17-13-8-7-10(9-12(13)16)11-5-4-6-14(18-2)15(11)19-3/h4-9H,16H2,1-3H3. The molecule has 0 radical (unpaired) electrons. The highest BCUT2D eigenvalue weighted by Gasteiger charge is 2.12. The molecular formula is C15H17NO3. The summed E-state index contributed by atoms with van der Waals surface area (Å²) in [6.45, 7) is 0. The van der Waals surface area contributed by atoms with Gasteiger partial charge in [0.15, 0.2) is 11.5 Å². The minimum Gasteiger partial charge on any atom is -0.495 e. The molecule has 2 aromatic carbocycles. The zero-order valence-electron chi connectivity index (χ0n) is 11.3. The third kappa shape index (κ3) is 2.42. The second kappa shape index (κ2) is 5.52. The quantitative estimate of drug-likeness (QED) is 0.858. The lowest BCUT2D eigenvalue weighted by Crippen LogP contribution is -1.95. The van der Waals surface area contributed by atoms with Crippen molar-refractivity contribution in [3.8, 4) is 28.4 Å². The van der Waals surface area contributed by atoms with Crippen LogP contribution >= 0.6 is 0 Å². The fourth-order valence-electron chi connectivity index (χ4n) is 2.02. The summed E-state index contributed by atoms with van der Waals surface area (Å²) >= 11 is 0. The van der Waals surface area contributed by atoms with Gasteiger partial charge < -0.3 is 19.9 Å². The Bertz CT molecular complexity index is 582. The van der Waals surface area contributed by atoms with Crippen molar-refractivity contribution in [3.63, 3.8) is 0 Å². The number of para-hydroxylation sites is 1. The Kier molecular flexibility index (Phi) is 3.80.